The first-order valence-electron chi connectivity index (χ1n) is 8.11. The predicted molar refractivity (Wildman–Crippen MR) is 96.7 cm³/mol. The number of carbonyl (C=O) groups is 1. The van der Waals surface area contributed by atoms with Crippen molar-refractivity contribution in [2.75, 3.05) is 12.3 Å². The maximum Gasteiger partial charge on any atom is 0.272 e. The molecule has 0 spiro atoms. The van der Waals surface area contributed by atoms with Gasteiger partial charge >= 0.3 is 0 Å². The number of amides is 1. The first kappa shape index (κ1) is 16.8. The van der Waals surface area contributed by atoms with Crippen molar-refractivity contribution in [2.24, 2.45) is 0 Å². The topological polar surface area (TPSA) is 80.9 Å². The summed E-state index contributed by atoms with van der Waals surface area (Å²) in [7, 11) is 0. The number of anilines is 1. The molecule has 5 nitrogen and oxygen atoms in total. The fraction of sp³-hybridized carbons (Fsp3) is 0.211. The van der Waals surface area contributed by atoms with Crippen LogP contribution in [0.2, 0.25) is 0 Å². The van der Waals surface area contributed by atoms with E-state index in [-0.39, 0.29) is 17.3 Å². The third-order valence-electron chi connectivity index (χ3n) is 4.00. The van der Waals surface area contributed by atoms with E-state index in [1.165, 1.54) is 0 Å². The van der Waals surface area contributed by atoms with Gasteiger partial charge in [0.2, 0.25) is 5.95 Å². The Morgan fingerprint density at radius 3 is 2.72 bits per heavy atom. The van der Waals surface area contributed by atoms with E-state index in [2.05, 4.69) is 15.3 Å². The standard InChI is InChI=1S/C19H19FN4O/c1-3-9-22-19(25)17-16(21)13-6-4-5-12(15(13)10-23-17)14-8-7-11(2)24-18(14)20/h4-8,10H,3,9,21H2,1-2H3,(H,22,25). The number of aromatic nitrogens is 2. The number of benzene rings is 1. The fourth-order valence-electron chi connectivity index (χ4n) is 2.73. The van der Waals surface area contributed by atoms with E-state index >= 15 is 0 Å². The van der Waals surface area contributed by atoms with Crippen LogP contribution in [-0.4, -0.2) is 22.4 Å². The monoisotopic (exact) mass is 338 g/mol. The second-order valence-corrected chi connectivity index (χ2v) is 5.83. The Hall–Kier alpha value is -3.02. The molecule has 0 saturated carbocycles. The lowest BCUT2D eigenvalue weighted by molar-refractivity contribution is 0.0950. The summed E-state index contributed by atoms with van der Waals surface area (Å²) >= 11 is 0. The van der Waals surface area contributed by atoms with Gasteiger partial charge in [0.25, 0.3) is 5.91 Å². The van der Waals surface area contributed by atoms with E-state index in [9.17, 15) is 9.18 Å². The van der Waals surface area contributed by atoms with Gasteiger partial charge in [-0.25, -0.2) is 9.97 Å². The van der Waals surface area contributed by atoms with Crippen molar-refractivity contribution in [3.63, 3.8) is 0 Å². The van der Waals surface area contributed by atoms with Gasteiger partial charge in [0, 0.05) is 34.8 Å². The number of pyridine rings is 2. The molecule has 1 amide bonds. The first-order valence-corrected chi connectivity index (χ1v) is 8.11. The molecule has 0 aliphatic rings. The van der Waals surface area contributed by atoms with Crippen molar-refractivity contribution in [3.05, 3.63) is 53.9 Å². The molecule has 1 aromatic carbocycles. The molecule has 0 radical (unpaired) electrons. The van der Waals surface area contributed by atoms with Crippen LogP contribution in [0.1, 0.15) is 29.5 Å². The highest BCUT2D eigenvalue weighted by molar-refractivity contribution is 6.09. The molecule has 0 aliphatic heterocycles. The number of nitrogens with two attached hydrogens (primary N) is 1. The van der Waals surface area contributed by atoms with Crippen molar-refractivity contribution in [3.8, 4) is 11.1 Å². The first-order chi connectivity index (χ1) is 12.0. The normalized spacial score (nSPS) is 10.8. The third kappa shape index (κ3) is 3.15. The van der Waals surface area contributed by atoms with Gasteiger partial charge in [-0.05, 0) is 31.0 Å². The Balaban J connectivity index is 2.14. The molecule has 0 fully saturated rings. The molecule has 2 heterocycles. The van der Waals surface area contributed by atoms with Crippen LogP contribution in [-0.2, 0) is 0 Å². The molecular formula is C19H19FN4O. The van der Waals surface area contributed by atoms with Gasteiger partial charge in [-0.1, -0.05) is 25.1 Å². The summed E-state index contributed by atoms with van der Waals surface area (Å²) in [4.78, 5) is 20.3. The maximum absolute atomic E-state index is 14.3. The van der Waals surface area contributed by atoms with Crippen LogP contribution in [0.5, 0.6) is 0 Å². The highest BCUT2D eigenvalue weighted by atomic mass is 19.1. The highest BCUT2D eigenvalue weighted by Gasteiger charge is 2.17. The summed E-state index contributed by atoms with van der Waals surface area (Å²) < 4.78 is 14.3. The largest absolute Gasteiger partial charge is 0.396 e. The third-order valence-corrected chi connectivity index (χ3v) is 4.00. The second kappa shape index (κ2) is 6.84. The van der Waals surface area contributed by atoms with Crippen LogP contribution in [0.3, 0.4) is 0 Å². The molecule has 0 atom stereocenters. The molecule has 3 aromatic rings. The molecule has 25 heavy (non-hydrogen) atoms. The summed E-state index contributed by atoms with van der Waals surface area (Å²) in [6.45, 7) is 4.25. The minimum atomic E-state index is -0.546. The van der Waals surface area contributed by atoms with Gasteiger partial charge in [0.15, 0.2) is 5.69 Å². The zero-order chi connectivity index (χ0) is 18.0. The van der Waals surface area contributed by atoms with E-state index in [0.717, 1.165) is 6.42 Å². The maximum atomic E-state index is 14.3. The van der Waals surface area contributed by atoms with Crippen LogP contribution >= 0.6 is 0 Å². The summed E-state index contributed by atoms with van der Waals surface area (Å²) in [6.07, 6.45) is 2.38. The highest BCUT2D eigenvalue weighted by Crippen LogP contribution is 2.33. The Morgan fingerprint density at radius 2 is 2.00 bits per heavy atom. The van der Waals surface area contributed by atoms with Crippen molar-refractivity contribution in [1.82, 2.24) is 15.3 Å². The van der Waals surface area contributed by atoms with Crippen molar-refractivity contribution in [2.45, 2.75) is 20.3 Å². The van der Waals surface area contributed by atoms with Crippen LogP contribution in [0.15, 0.2) is 36.5 Å². The second-order valence-electron chi connectivity index (χ2n) is 5.83. The quantitative estimate of drug-likeness (QED) is 0.714. The van der Waals surface area contributed by atoms with Crippen molar-refractivity contribution >= 4 is 22.4 Å². The molecule has 128 valence electrons. The molecule has 0 aliphatic carbocycles. The lowest BCUT2D eigenvalue weighted by Gasteiger charge is -2.12. The van der Waals surface area contributed by atoms with Crippen molar-refractivity contribution < 1.29 is 9.18 Å². The zero-order valence-corrected chi connectivity index (χ0v) is 14.1. The van der Waals surface area contributed by atoms with Gasteiger partial charge in [-0.15, -0.1) is 0 Å². The van der Waals surface area contributed by atoms with Crippen LogP contribution in [0, 0.1) is 12.9 Å². The molecule has 0 bridgehead atoms. The molecule has 3 rings (SSSR count). The van der Waals surface area contributed by atoms with E-state index in [0.29, 0.717) is 34.1 Å². The number of nitrogens with one attached hydrogen (secondary N) is 1. The van der Waals surface area contributed by atoms with Crippen LogP contribution in [0.25, 0.3) is 21.9 Å². The number of fused-ring (bicyclic) bond motifs is 1. The number of rotatable bonds is 4. The number of nitrogen functional groups attached to an aromatic ring is 1. The zero-order valence-electron chi connectivity index (χ0n) is 14.1. The minimum Gasteiger partial charge on any atom is -0.396 e. The number of halogens is 1. The molecule has 2 aromatic heterocycles. The van der Waals surface area contributed by atoms with E-state index in [4.69, 9.17) is 5.73 Å². The smallest absolute Gasteiger partial charge is 0.272 e. The Morgan fingerprint density at radius 1 is 1.20 bits per heavy atom. The summed E-state index contributed by atoms with van der Waals surface area (Å²) in [6, 6.07) is 8.80. The SMILES string of the molecule is CCCNC(=O)c1ncc2c(-c3ccc(C)nc3F)cccc2c1N. The van der Waals surface area contributed by atoms with Gasteiger partial charge in [-0.2, -0.15) is 4.39 Å². The molecular weight excluding hydrogens is 319 g/mol. The minimum absolute atomic E-state index is 0.181. The molecule has 6 heteroatoms. The van der Waals surface area contributed by atoms with Gasteiger partial charge in [0.05, 0.1) is 5.69 Å². The van der Waals surface area contributed by atoms with Crippen LogP contribution in [0.4, 0.5) is 10.1 Å². The van der Waals surface area contributed by atoms with Gasteiger partial charge in [0.1, 0.15) is 0 Å². The van der Waals surface area contributed by atoms with Gasteiger partial charge < -0.3 is 11.1 Å². The fourth-order valence-corrected chi connectivity index (χ4v) is 2.73. The van der Waals surface area contributed by atoms with E-state index < -0.39 is 5.95 Å². The Kier molecular flexibility index (Phi) is 4.61. The number of carbonyl (C=O) groups excluding carboxylic acids is 1. The van der Waals surface area contributed by atoms with Gasteiger partial charge in [-0.3, -0.25) is 4.79 Å². The summed E-state index contributed by atoms with van der Waals surface area (Å²) in [5.74, 6) is -0.856. The van der Waals surface area contributed by atoms with E-state index in [1.54, 1.807) is 43.5 Å². The molecule has 0 unspecified atom stereocenters. The predicted octanol–water partition coefficient (Wildman–Crippen LogP) is 3.47. The lowest BCUT2D eigenvalue weighted by Crippen LogP contribution is -2.26. The molecule has 3 N–H and O–H groups in total. The number of hydrogen-bond donors (Lipinski definition) is 2. The van der Waals surface area contributed by atoms with Crippen molar-refractivity contribution in [1.29, 1.82) is 0 Å². The molecule has 0 saturated heterocycles. The number of hydrogen-bond acceptors (Lipinski definition) is 4. The average molecular weight is 338 g/mol. The number of aryl methyl sites for hydroxylation is 1. The van der Waals surface area contributed by atoms with Crippen LogP contribution < -0.4 is 11.1 Å². The number of nitrogens with zero attached hydrogens (tertiary/aromatic N) is 2. The lowest BCUT2D eigenvalue weighted by atomic mass is 9.99. The Labute approximate surface area is 145 Å². The summed E-state index contributed by atoms with van der Waals surface area (Å²) in [5, 5.41) is 4.10. The summed E-state index contributed by atoms with van der Waals surface area (Å²) in [5.41, 5.74) is 8.26. The van der Waals surface area contributed by atoms with E-state index in [1.807, 2.05) is 6.92 Å². The Bertz CT molecular complexity index is 956. The average Bonchev–Trinajstić information content (AvgIpc) is 2.60.